The van der Waals surface area contributed by atoms with Crippen LogP contribution in [0, 0.1) is 13.8 Å². The molecule has 14 heteroatoms. The number of benzene rings is 1. The fraction of sp³-hybridized carbons (Fsp3) is 0.222. The van der Waals surface area contributed by atoms with Gasteiger partial charge in [-0.25, -0.2) is 24.0 Å². The van der Waals surface area contributed by atoms with Crippen molar-refractivity contribution in [1.29, 1.82) is 0 Å². The lowest BCUT2D eigenvalue weighted by Crippen LogP contribution is -2.37. The SMILES string of the molecule is C/C=C/C(=O)OCOC(=O)N(CC)C(=O)c1cn2ncnc(Nc3cc(C(=O)Nc4ccon4)ccc3C)c2c1C. The van der Waals surface area contributed by atoms with Crippen LogP contribution in [0.15, 0.2) is 59.7 Å². The van der Waals surface area contributed by atoms with Gasteiger partial charge in [0.25, 0.3) is 11.8 Å². The van der Waals surface area contributed by atoms with Crippen LogP contribution in [0.3, 0.4) is 0 Å². The molecule has 0 radical (unpaired) electrons. The summed E-state index contributed by atoms with van der Waals surface area (Å²) in [6.07, 6.45) is 5.82. The monoisotopic (exact) mass is 561 g/mol. The highest BCUT2D eigenvalue weighted by Gasteiger charge is 2.27. The zero-order valence-electron chi connectivity index (χ0n) is 22.7. The Bertz CT molecular complexity index is 1630. The van der Waals surface area contributed by atoms with Gasteiger partial charge in [0, 0.05) is 36.1 Å². The minimum absolute atomic E-state index is 0.00524. The lowest BCUT2D eigenvalue weighted by molar-refractivity contribution is -0.146. The number of aryl methyl sites for hydroxylation is 2. The van der Waals surface area contributed by atoms with Crippen LogP contribution in [-0.4, -0.2) is 61.9 Å². The second kappa shape index (κ2) is 12.5. The first kappa shape index (κ1) is 28.5. The van der Waals surface area contributed by atoms with Crippen LogP contribution in [0.2, 0.25) is 0 Å². The molecule has 3 heterocycles. The number of aromatic nitrogens is 4. The van der Waals surface area contributed by atoms with Gasteiger partial charge in [-0.3, -0.25) is 9.59 Å². The third-order valence-electron chi connectivity index (χ3n) is 5.96. The topological polar surface area (TPSA) is 170 Å². The number of hydrogen-bond donors (Lipinski definition) is 2. The Morgan fingerprint density at radius 2 is 1.95 bits per heavy atom. The van der Waals surface area contributed by atoms with E-state index in [0.717, 1.165) is 10.5 Å². The third kappa shape index (κ3) is 6.38. The van der Waals surface area contributed by atoms with Gasteiger partial charge < -0.3 is 24.6 Å². The number of amides is 3. The number of anilines is 3. The molecule has 41 heavy (non-hydrogen) atoms. The maximum Gasteiger partial charge on any atom is 0.419 e. The van der Waals surface area contributed by atoms with Gasteiger partial charge in [-0.05, 0) is 51.0 Å². The number of allylic oxidation sites excluding steroid dienone is 1. The second-order valence-corrected chi connectivity index (χ2v) is 8.60. The van der Waals surface area contributed by atoms with Crippen molar-refractivity contribution < 1.29 is 33.2 Å². The zero-order valence-corrected chi connectivity index (χ0v) is 22.7. The molecule has 0 atom stereocenters. The number of carbonyl (C=O) groups is 4. The standard InChI is InChI=1S/C27H27N7O7/c1-5-7-22(35)39-15-40-27(38)33(6-2)26(37)19-13-34-23(17(19)4)24(28-14-29-34)30-20-12-18(9-8-16(20)3)25(36)31-21-10-11-41-32-21/h5,7-14H,6,15H2,1-4H3,(H,28,29,30)(H,31,32,36)/b7-5+. The van der Waals surface area contributed by atoms with E-state index in [4.69, 9.17) is 14.0 Å². The third-order valence-corrected chi connectivity index (χ3v) is 5.96. The van der Waals surface area contributed by atoms with Crippen LogP contribution in [0.1, 0.15) is 45.7 Å². The molecule has 0 aliphatic heterocycles. The summed E-state index contributed by atoms with van der Waals surface area (Å²) in [7, 11) is 0. The van der Waals surface area contributed by atoms with Crippen LogP contribution >= 0.6 is 0 Å². The van der Waals surface area contributed by atoms with Crippen molar-refractivity contribution in [2.45, 2.75) is 27.7 Å². The Morgan fingerprint density at radius 1 is 1.15 bits per heavy atom. The first-order chi connectivity index (χ1) is 19.7. The van der Waals surface area contributed by atoms with Crippen molar-refractivity contribution in [1.82, 2.24) is 24.7 Å². The normalized spacial score (nSPS) is 10.9. The number of hydrogen-bond acceptors (Lipinski definition) is 11. The number of ether oxygens (including phenoxy) is 2. The Morgan fingerprint density at radius 3 is 2.66 bits per heavy atom. The molecule has 0 aliphatic rings. The minimum atomic E-state index is -0.971. The van der Waals surface area contributed by atoms with E-state index < -0.39 is 24.8 Å². The fourth-order valence-corrected chi connectivity index (χ4v) is 3.86. The fourth-order valence-electron chi connectivity index (χ4n) is 3.86. The van der Waals surface area contributed by atoms with Crippen molar-refractivity contribution in [2.75, 3.05) is 24.0 Å². The molecule has 4 aromatic rings. The Labute approximate surface area is 233 Å². The van der Waals surface area contributed by atoms with Gasteiger partial charge in [-0.2, -0.15) is 5.10 Å². The maximum absolute atomic E-state index is 13.3. The van der Waals surface area contributed by atoms with Gasteiger partial charge in [0.1, 0.15) is 18.1 Å². The average Bonchev–Trinajstić information content (AvgIpc) is 3.58. The molecule has 3 amide bonds. The lowest BCUT2D eigenvalue weighted by atomic mass is 10.1. The average molecular weight is 562 g/mol. The molecule has 0 saturated heterocycles. The number of esters is 1. The molecule has 212 valence electrons. The molecule has 0 aliphatic carbocycles. The van der Waals surface area contributed by atoms with E-state index in [1.807, 2.05) is 6.92 Å². The van der Waals surface area contributed by atoms with Gasteiger partial charge in [0.2, 0.25) is 6.79 Å². The lowest BCUT2D eigenvalue weighted by Gasteiger charge is -2.18. The highest BCUT2D eigenvalue weighted by Crippen LogP contribution is 2.28. The molecule has 0 spiro atoms. The number of nitrogens with zero attached hydrogens (tertiary/aromatic N) is 5. The summed E-state index contributed by atoms with van der Waals surface area (Å²) in [5, 5.41) is 13.8. The van der Waals surface area contributed by atoms with E-state index in [-0.39, 0.29) is 23.8 Å². The summed E-state index contributed by atoms with van der Waals surface area (Å²) >= 11 is 0. The number of fused-ring (bicyclic) bond motifs is 1. The Hall–Kier alpha value is -5.53. The number of nitrogens with one attached hydrogen (secondary N) is 2. The minimum Gasteiger partial charge on any atom is -0.425 e. The van der Waals surface area contributed by atoms with Crippen molar-refractivity contribution in [3.8, 4) is 0 Å². The Balaban J connectivity index is 1.57. The molecule has 4 rings (SSSR count). The van der Waals surface area contributed by atoms with E-state index in [0.29, 0.717) is 28.1 Å². The number of carbonyl (C=O) groups excluding carboxylic acids is 4. The smallest absolute Gasteiger partial charge is 0.419 e. The number of imide groups is 1. The largest absolute Gasteiger partial charge is 0.425 e. The van der Waals surface area contributed by atoms with Crippen LogP contribution in [-0.2, 0) is 14.3 Å². The van der Waals surface area contributed by atoms with Crippen LogP contribution in [0.5, 0.6) is 0 Å². The van der Waals surface area contributed by atoms with E-state index >= 15 is 0 Å². The summed E-state index contributed by atoms with van der Waals surface area (Å²) in [4.78, 5) is 55.3. The summed E-state index contributed by atoms with van der Waals surface area (Å²) < 4.78 is 15.9. The molecule has 0 bridgehead atoms. The molecule has 0 fully saturated rings. The molecule has 0 unspecified atom stereocenters. The second-order valence-electron chi connectivity index (χ2n) is 8.60. The van der Waals surface area contributed by atoms with Crippen LogP contribution < -0.4 is 10.6 Å². The zero-order chi connectivity index (χ0) is 29.5. The van der Waals surface area contributed by atoms with E-state index in [1.165, 1.54) is 41.5 Å². The predicted octanol–water partition coefficient (Wildman–Crippen LogP) is 4.01. The van der Waals surface area contributed by atoms with Gasteiger partial charge >= 0.3 is 12.1 Å². The van der Waals surface area contributed by atoms with Crippen molar-refractivity contribution in [2.24, 2.45) is 0 Å². The van der Waals surface area contributed by atoms with Crippen LogP contribution in [0.4, 0.5) is 22.1 Å². The summed E-state index contributed by atoms with van der Waals surface area (Å²) in [6.45, 7) is 6.17. The van der Waals surface area contributed by atoms with Crippen molar-refractivity contribution in [3.05, 3.63) is 77.5 Å². The van der Waals surface area contributed by atoms with E-state index in [9.17, 15) is 19.2 Å². The van der Waals surface area contributed by atoms with Gasteiger partial charge in [-0.1, -0.05) is 17.3 Å². The summed E-state index contributed by atoms with van der Waals surface area (Å²) in [6, 6.07) is 6.63. The van der Waals surface area contributed by atoms with Crippen molar-refractivity contribution in [3.63, 3.8) is 0 Å². The molecule has 1 aromatic carbocycles. The van der Waals surface area contributed by atoms with E-state index in [1.54, 1.807) is 39.0 Å². The summed E-state index contributed by atoms with van der Waals surface area (Å²) in [5.74, 6) is -1.05. The molecule has 0 saturated carbocycles. The van der Waals surface area contributed by atoms with Gasteiger partial charge in [0.05, 0.1) is 5.56 Å². The van der Waals surface area contributed by atoms with Crippen molar-refractivity contribution >= 4 is 46.7 Å². The summed E-state index contributed by atoms with van der Waals surface area (Å²) in [5.41, 5.74) is 2.96. The number of rotatable bonds is 9. The highest BCUT2D eigenvalue weighted by molar-refractivity contribution is 6.06. The first-order valence-corrected chi connectivity index (χ1v) is 12.4. The quantitative estimate of drug-likeness (QED) is 0.172. The van der Waals surface area contributed by atoms with E-state index in [2.05, 4.69) is 25.9 Å². The highest BCUT2D eigenvalue weighted by atomic mass is 16.7. The molecule has 2 N–H and O–H groups in total. The molecule has 14 nitrogen and oxygen atoms in total. The predicted molar refractivity (Wildman–Crippen MR) is 146 cm³/mol. The van der Waals surface area contributed by atoms with Crippen LogP contribution in [0.25, 0.3) is 5.52 Å². The van der Waals surface area contributed by atoms with Gasteiger partial charge in [0.15, 0.2) is 11.6 Å². The molecular formula is C27H27N7O7. The molecular weight excluding hydrogens is 534 g/mol. The maximum atomic E-state index is 13.3. The van der Waals surface area contributed by atoms with Gasteiger partial charge in [-0.15, -0.1) is 0 Å². The molecule has 3 aromatic heterocycles. The first-order valence-electron chi connectivity index (χ1n) is 12.4. The Kier molecular flexibility index (Phi) is 8.72.